The first kappa shape index (κ1) is 15.0. The zero-order chi connectivity index (χ0) is 15.4. The molecule has 1 saturated heterocycles. The number of nitrogens with zero attached hydrogens (tertiary/aromatic N) is 2. The Labute approximate surface area is 131 Å². The Morgan fingerprint density at radius 3 is 2.73 bits per heavy atom. The number of aromatic nitrogens is 1. The smallest absolute Gasteiger partial charge is 0.213 e. The average molecular weight is 297 g/mol. The Kier molecular flexibility index (Phi) is 4.71. The van der Waals surface area contributed by atoms with Crippen molar-refractivity contribution in [3.8, 4) is 5.88 Å². The van der Waals surface area contributed by atoms with Crippen LogP contribution in [0.5, 0.6) is 5.88 Å². The maximum absolute atomic E-state index is 6.35. The number of ether oxygens (including phenoxy) is 1. The Balaban J connectivity index is 1.66. The highest BCUT2D eigenvalue weighted by molar-refractivity contribution is 5.24. The molecule has 3 rings (SSSR count). The number of nitrogens with two attached hydrogens (primary N) is 1. The van der Waals surface area contributed by atoms with Crippen molar-refractivity contribution in [1.82, 2.24) is 9.88 Å². The van der Waals surface area contributed by atoms with Gasteiger partial charge in [-0.05, 0) is 18.6 Å². The van der Waals surface area contributed by atoms with Crippen molar-refractivity contribution < 1.29 is 4.74 Å². The highest BCUT2D eigenvalue weighted by Gasteiger charge is 2.31. The van der Waals surface area contributed by atoms with Gasteiger partial charge >= 0.3 is 0 Å². The van der Waals surface area contributed by atoms with Gasteiger partial charge in [-0.2, -0.15) is 0 Å². The van der Waals surface area contributed by atoms with E-state index in [9.17, 15) is 0 Å². The van der Waals surface area contributed by atoms with Crippen LogP contribution in [0.4, 0.5) is 0 Å². The fraction of sp³-hybridized carbons (Fsp3) is 0.389. The van der Waals surface area contributed by atoms with Crippen molar-refractivity contribution in [2.24, 2.45) is 5.73 Å². The normalized spacial score (nSPS) is 21.9. The molecule has 1 aromatic heterocycles. The number of benzene rings is 1. The van der Waals surface area contributed by atoms with Crippen LogP contribution in [0.25, 0.3) is 0 Å². The van der Waals surface area contributed by atoms with Crippen LogP contribution in [0.2, 0.25) is 0 Å². The Morgan fingerprint density at radius 2 is 1.95 bits per heavy atom. The minimum absolute atomic E-state index is 0.178. The predicted octanol–water partition coefficient (Wildman–Crippen LogP) is 2.41. The van der Waals surface area contributed by atoms with E-state index in [-0.39, 0.29) is 6.04 Å². The molecule has 2 atom stereocenters. The minimum atomic E-state index is 0.178. The predicted molar refractivity (Wildman–Crippen MR) is 87.8 cm³/mol. The molecular weight excluding hydrogens is 274 g/mol. The quantitative estimate of drug-likeness (QED) is 0.921. The highest BCUT2D eigenvalue weighted by atomic mass is 16.5. The van der Waals surface area contributed by atoms with E-state index >= 15 is 0 Å². The number of hydrogen-bond acceptors (Lipinski definition) is 4. The zero-order valence-corrected chi connectivity index (χ0v) is 13.0. The Bertz CT molecular complexity index is 602. The minimum Gasteiger partial charge on any atom is -0.478 e. The van der Waals surface area contributed by atoms with E-state index in [4.69, 9.17) is 10.5 Å². The largest absolute Gasteiger partial charge is 0.478 e. The summed E-state index contributed by atoms with van der Waals surface area (Å²) < 4.78 is 5.47. The monoisotopic (exact) mass is 297 g/mol. The van der Waals surface area contributed by atoms with E-state index < -0.39 is 0 Å². The fourth-order valence-electron chi connectivity index (χ4n) is 3.10. The van der Waals surface area contributed by atoms with Crippen LogP contribution >= 0.6 is 0 Å². The van der Waals surface area contributed by atoms with Crippen molar-refractivity contribution in [1.29, 1.82) is 0 Å². The third-order valence-corrected chi connectivity index (χ3v) is 4.13. The molecule has 0 amide bonds. The summed E-state index contributed by atoms with van der Waals surface area (Å²) in [5.74, 6) is 1.10. The van der Waals surface area contributed by atoms with Gasteiger partial charge in [0.15, 0.2) is 0 Å². The highest BCUT2D eigenvalue weighted by Crippen LogP contribution is 2.27. The molecule has 2 N–H and O–H groups in total. The van der Waals surface area contributed by atoms with Gasteiger partial charge in [-0.25, -0.2) is 4.98 Å². The molecule has 2 heterocycles. The van der Waals surface area contributed by atoms with Crippen molar-refractivity contribution in [2.75, 3.05) is 19.7 Å². The lowest BCUT2D eigenvalue weighted by Gasteiger charge is -2.16. The molecule has 1 aliphatic heterocycles. The molecule has 1 aliphatic rings. The van der Waals surface area contributed by atoms with E-state index in [0.717, 1.165) is 25.3 Å². The molecular formula is C18H23N3O. The summed E-state index contributed by atoms with van der Waals surface area (Å²) in [6.45, 7) is 5.31. The molecule has 4 heteroatoms. The lowest BCUT2D eigenvalue weighted by atomic mass is 9.95. The van der Waals surface area contributed by atoms with Gasteiger partial charge < -0.3 is 10.5 Å². The molecule has 0 aliphatic carbocycles. The van der Waals surface area contributed by atoms with Crippen LogP contribution in [0, 0.1) is 0 Å². The van der Waals surface area contributed by atoms with E-state index in [1.807, 2.05) is 31.2 Å². The third kappa shape index (κ3) is 3.46. The number of rotatable bonds is 5. The van der Waals surface area contributed by atoms with Gasteiger partial charge in [-0.1, -0.05) is 36.4 Å². The lowest BCUT2D eigenvalue weighted by molar-refractivity contribution is 0.306. The second-order valence-electron chi connectivity index (χ2n) is 5.78. The van der Waals surface area contributed by atoms with Crippen LogP contribution in [0.1, 0.15) is 24.1 Å². The maximum atomic E-state index is 6.35. The van der Waals surface area contributed by atoms with Crippen LogP contribution in [0.15, 0.2) is 48.5 Å². The summed E-state index contributed by atoms with van der Waals surface area (Å²) in [7, 11) is 0. The number of pyridine rings is 1. The zero-order valence-electron chi connectivity index (χ0n) is 13.0. The van der Waals surface area contributed by atoms with E-state index in [0.29, 0.717) is 18.4 Å². The summed E-state index contributed by atoms with van der Waals surface area (Å²) >= 11 is 0. The SMILES string of the molecule is CCOc1cccc(CN2C[C@@H](N)[C@H](c3ccccc3)C2)n1. The number of likely N-dealkylation sites (tertiary alicyclic amines) is 1. The first-order chi connectivity index (χ1) is 10.8. The fourth-order valence-corrected chi connectivity index (χ4v) is 3.10. The molecule has 1 fully saturated rings. The number of hydrogen-bond donors (Lipinski definition) is 1. The maximum Gasteiger partial charge on any atom is 0.213 e. The van der Waals surface area contributed by atoms with Gasteiger partial charge in [0.25, 0.3) is 0 Å². The average Bonchev–Trinajstić information content (AvgIpc) is 2.89. The summed E-state index contributed by atoms with van der Waals surface area (Å²) in [5, 5.41) is 0. The second-order valence-corrected chi connectivity index (χ2v) is 5.78. The first-order valence-electron chi connectivity index (χ1n) is 7.88. The summed E-state index contributed by atoms with van der Waals surface area (Å²) in [6.07, 6.45) is 0. The molecule has 0 unspecified atom stereocenters. The van der Waals surface area contributed by atoms with Gasteiger partial charge in [0, 0.05) is 37.7 Å². The van der Waals surface area contributed by atoms with Gasteiger partial charge in [0.1, 0.15) is 0 Å². The molecule has 116 valence electrons. The molecule has 0 saturated carbocycles. The van der Waals surface area contributed by atoms with Crippen LogP contribution < -0.4 is 10.5 Å². The lowest BCUT2D eigenvalue weighted by Crippen LogP contribution is -2.28. The second kappa shape index (κ2) is 6.90. The molecule has 0 bridgehead atoms. The van der Waals surface area contributed by atoms with Crippen LogP contribution in [-0.2, 0) is 6.54 Å². The van der Waals surface area contributed by atoms with Crippen molar-refractivity contribution in [3.05, 3.63) is 59.8 Å². The van der Waals surface area contributed by atoms with Crippen molar-refractivity contribution in [2.45, 2.75) is 25.4 Å². The van der Waals surface area contributed by atoms with E-state index in [1.165, 1.54) is 5.56 Å². The molecule has 4 nitrogen and oxygen atoms in total. The third-order valence-electron chi connectivity index (χ3n) is 4.13. The van der Waals surface area contributed by atoms with Gasteiger partial charge in [-0.15, -0.1) is 0 Å². The standard InChI is InChI=1S/C18H23N3O/c1-2-22-18-10-6-9-15(20-18)11-21-12-16(17(19)13-21)14-7-4-3-5-8-14/h3-10,16-17H,2,11-13,19H2,1H3/t16-,17+/m0/s1. The molecule has 2 aromatic rings. The summed E-state index contributed by atoms with van der Waals surface area (Å²) in [4.78, 5) is 6.92. The summed E-state index contributed by atoms with van der Waals surface area (Å²) in [5.41, 5.74) is 8.71. The first-order valence-corrected chi connectivity index (χ1v) is 7.88. The van der Waals surface area contributed by atoms with E-state index in [1.54, 1.807) is 0 Å². The van der Waals surface area contributed by atoms with Crippen molar-refractivity contribution in [3.63, 3.8) is 0 Å². The van der Waals surface area contributed by atoms with Crippen LogP contribution in [0.3, 0.4) is 0 Å². The Hall–Kier alpha value is -1.91. The van der Waals surface area contributed by atoms with Gasteiger partial charge in [0.2, 0.25) is 5.88 Å². The topological polar surface area (TPSA) is 51.4 Å². The molecule has 0 radical (unpaired) electrons. The van der Waals surface area contributed by atoms with E-state index in [2.05, 4.69) is 34.1 Å². The molecule has 0 spiro atoms. The van der Waals surface area contributed by atoms with Gasteiger partial charge in [-0.3, -0.25) is 4.90 Å². The van der Waals surface area contributed by atoms with Crippen LogP contribution in [-0.4, -0.2) is 35.6 Å². The Morgan fingerprint density at radius 1 is 1.14 bits per heavy atom. The van der Waals surface area contributed by atoms with Gasteiger partial charge in [0.05, 0.1) is 12.3 Å². The van der Waals surface area contributed by atoms with Crippen molar-refractivity contribution >= 4 is 0 Å². The molecule has 22 heavy (non-hydrogen) atoms. The molecule has 1 aromatic carbocycles. The summed E-state index contributed by atoms with van der Waals surface area (Å²) in [6, 6.07) is 16.7.